The quantitative estimate of drug-likeness (QED) is 0.439. The third kappa shape index (κ3) is 2.63. The van der Waals surface area contributed by atoms with E-state index >= 15 is 0 Å². The van der Waals surface area contributed by atoms with Crippen molar-refractivity contribution in [1.82, 2.24) is 0 Å². The minimum absolute atomic E-state index is 0.0762. The summed E-state index contributed by atoms with van der Waals surface area (Å²) in [7, 11) is 0. The monoisotopic (exact) mass is 412 g/mol. The Balaban J connectivity index is 1.49. The molecule has 30 heavy (non-hydrogen) atoms. The Hall–Kier alpha value is -0.300. The first-order chi connectivity index (χ1) is 13.9. The number of allylic oxidation sites excluding steroid dienone is 1. The molecule has 10 atom stereocenters. The summed E-state index contributed by atoms with van der Waals surface area (Å²) < 4.78 is 0. The molecular formula is C29H48O. The number of hydrogen-bond acceptors (Lipinski definition) is 1. The van der Waals surface area contributed by atoms with Gasteiger partial charge in [0.25, 0.3) is 0 Å². The van der Waals surface area contributed by atoms with Crippen LogP contribution in [0, 0.1) is 57.2 Å². The van der Waals surface area contributed by atoms with Gasteiger partial charge in [0, 0.05) is 0 Å². The minimum Gasteiger partial charge on any atom is -0.393 e. The molecule has 0 radical (unpaired) electrons. The molecule has 5 aliphatic carbocycles. The topological polar surface area (TPSA) is 20.2 Å². The van der Waals surface area contributed by atoms with E-state index in [0.29, 0.717) is 22.2 Å². The largest absolute Gasteiger partial charge is 0.393 e. The second kappa shape index (κ2) is 6.61. The maximum atomic E-state index is 10.8. The van der Waals surface area contributed by atoms with Gasteiger partial charge in [0.2, 0.25) is 0 Å². The highest BCUT2D eigenvalue weighted by Gasteiger charge is 2.66. The third-order valence-electron chi connectivity index (χ3n) is 12.6. The Kier molecular flexibility index (Phi) is 4.75. The first-order valence-electron chi connectivity index (χ1n) is 13.3. The van der Waals surface area contributed by atoms with E-state index in [1.54, 1.807) is 0 Å². The van der Waals surface area contributed by atoms with Crippen molar-refractivity contribution >= 4 is 0 Å². The highest BCUT2D eigenvalue weighted by molar-refractivity contribution is 5.17. The van der Waals surface area contributed by atoms with Crippen LogP contribution in [0.2, 0.25) is 0 Å². The Bertz CT molecular complexity index is 722. The van der Waals surface area contributed by atoms with Crippen molar-refractivity contribution in [2.75, 3.05) is 0 Å². The first kappa shape index (κ1) is 21.5. The Morgan fingerprint density at radius 3 is 2.13 bits per heavy atom. The summed E-state index contributed by atoms with van der Waals surface area (Å²) in [6.45, 7) is 19.5. The van der Waals surface area contributed by atoms with Crippen molar-refractivity contribution in [3.8, 4) is 0 Å². The lowest BCUT2D eigenvalue weighted by atomic mass is 9.36. The van der Waals surface area contributed by atoms with Gasteiger partial charge in [-0.25, -0.2) is 0 Å². The maximum absolute atomic E-state index is 10.8. The smallest absolute Gasteiger partial charge is 0.0594 e. The van der Waals surface area contributed by atoms with E-state index in [9.17, 15) is 5.11 Å². The van der Waals surface area contributed by atoms with Gasteiger partial charge in [-0.2, -0.15) is 0 Å². The third-order valence-corrected chi connectivity index (χ3v) is 12.6. The summed E-state index contributed by atoms with van der Waals surface area (Å²) in [6.07, 6.45) is 13.5. The Morgan fingerprint density at radius 1 is 0.767 bits per heavy atom. The fraction of sp³-hybridized carbons (Fsp3) is 0.931. The predicted molar refractivity (Wildman–Crippen MR) is 126 cm³/mol. The lowest BCUT2D eigenvalue weighted by Gasteiger charge is -2.69. The highest BCUT2D eigenvalue weighted by Crippen LogP contribution is 2.73. The molecule has 1 heteroatoms. The van der Waals surface area contributed by atoms with Crippen LogP contribution < -0.4 is 0 Å². The Morgan fingerprint density at radius 2 is 1.43 bits per heavy atom. The number of aliphatic hydroxyl groups is 1. The minimum atomic E-state index is -0.110. The molecule has 1 nitrogen and oxygen atoms in total. The van der Waals surface area contributed by atoms with Gasteiger partial charge >= 0.3 is 0 Å². The number of hydrogen-bond donors (Lipinski definition) is 1. The van der Waals surface area contributed by atoms with Crippen LogP contribution in [-0.2, 0) is 0 Å². The van der Waals surface area contributed by atoms with Crippen molar-refractivity contribution in [1.29, 1.82) is 0 Å². The number of fused-ring (bicyclic) bond motifs is 7. The fourth-order valence-electron chi connectivity index (χ4n) is 11.2. The van der Waals surface area contributed by atoms with Gasteiger partial charge in [0.05, 0.1) is 6.10 Å². The van der Waals surface area contributed by atoms with Crippen LogP contribution in [0.15, 0.2) is 12.2 Å². The second-order valence-electron chi connectivity index (χ2n) is 14.1. The summed E-state index contributed by atoms with van der Waals surface area (Å²) in [5.74, 6) is 5.05. The first-order valence-corrected chi connectivity index (χ1v) is 13.3. The van der Waals surface area contributed by atoms with Crippen molar-refractivity contribution in [2.24, 2.45) is 57.2 Å². The van der Waals surface area contributed by atoms with E-state index in [2.05, 4.69) is 48.1 Å². The lowest BCUT2D eigenvalue weighted by molar-refractivity contribution is -0.215. The molecule has 5 saturated carbocycles. The van der Waals surface area contributed by atoms with Crippen LogP contribution in [0.25, 0.3) is 0 Å². The maximum Gasteiger partial charge on any atom is 0.0594 e. The molecule has 0 aromatic rings. The van der Waals surface area contributed by atoms with Gasteiger partial charge in [-0.3, -0.25) is 0 Å². The molecule has 5 fully saturated rings. The van der Waals surface area contributed by atoms with E-state index in [1.807, 2.05) is 0 Å². The Labute approximate surface area is 186 Å². The van der Waals surface area contributed by atoms with Gasteiger partial charge in [-0.05, 0) is 128 Å². The molecular weight excluding hydrogens is 364 g/mol. The van der Waals surface area contributed by atoms with E-state index in [0.717, 1.165) is 36.0 Å². The van der Waals surface area contributed by atoms with E-state index in [4.69, 9.17) is 0 Å². The molecule has 5 unspecified atom stereocenters. The molecule has 0 heterocycles. The van der Waals surface area contributed by atoms with Crippen molar-refractivity contribution in [2.45, 2.75) is 112 Å². The van der Waals surface area contributed by atoms with E-state index in [1.165, 1.54) is 63.4 Å². The fourth-order valence-corrected chi connectivity index (χ4v) is 11.2. The summed E-state index contributed by atoms with van der Waals surface area (Å²) in [6, 6.07) is 0. The average Bonchev–Trinajstić information content (AvgIpc) is 3.03. The standard InChI is InChI=1S/C29H48O/c1-18(2)19-10-14-27(5)15-11-21-20(25(19)27)8-9-23-28(21,6)16-12-22-26(3,4)24(30)13-17-29(22,23)7/h19-25,30H,1,8-17H2,2-7H3/t19-,20?,21?,22?,23?,24+,25?,27+,28-,29-/m0/s1. The summed E-state index contributed by atoms with van der Waals surface area (Å²) in [5, 5.41) is 10.8. The number of rotatable bonds is 1. The van der Waals surface area contributed by atoms with E-state index < -0.39 is 0 Å². The van der Waals surface area contributed by atoms with Crippen molar-refractivity contribution in [3.63, 3.8) is 0 Å². The normalized spacial score (nSPS) is 57.0. The zero-order chi connectivity index (χ0) is 21.7. The van der Waals surface area contributed by atoms with E-state index in [-0.39, 0.29) is 11.5 Å². The molecule has 0 aromatic carbocycles. The zero-order valence-corrected chi connectivity index (χ0v) is 20.8. The van der Waals surface area contributed by atoms with Gasteiger partial charge < -0.3 is 5.11 Å². The molecule has 0 bridgehead atoms. The van der Waals surface area contributed by atoms with Crippen LogP contribution in [-0.4, -0.2) is 11.2 Å². The van der Waals surface area contributed by atoms with Crippen LogP contribution in [0.4, 0.5) is 0 Å². The SMILES string of the molecule is C=C(C)[C@@H]1CC[C@]2(C)CCC3C(CCC4[C@@]3(C)CCC3C(C)(C)[C@H](O)CC[C@@]34C)C12. The number of aliphatic hydroxyl groups excluding tert-OH is 1. The molecule has 0 amide bonds. The zero-order valence-electron chi connectivity index (χ0n) is 20.8. The molecule has 0 aromatic heterocycles. The molecule has 0 aliphatic heterocycles. The van der Waals surface area contributed by atoms with Crippen molar-refractivity contribution in [3.05, 3.63) is 12.2 Å². The summed E-state index contributed by atoms with van der Waals surface area (Å²) in [5.41, 5.74) is 3.05. The lowest BCUT2D eigenvalue weighted by Crippen LogP contribution is -2.63. The summed E-state index contributed by atoms with van der Waals surface area (Å²) in [4.78, 5) is 0. The second-order valence-corrected chi connectivity index (χ2v) is 14.1. The van der Waals surface area contributed by atoms with Crippen LogP contribution in [0.1, 0.15) is 106 Å². The van der Waals surface area contributed by atoms with Crippen LogP contribution in [0.5, 0.6) is 0 Å². The molecule has 1 N–H and O–H groups in total. The van der Waals surface area contributed by atoms with Gasteiger partial charge in [0.15, 0.2) is 0 Å². The molecule has 5 rings (SSSR count). The van der Waals surface area contributed by atoms with Crippen LogP contribution in [0.3, 0.4) is 0 Å². The molecule has 0 saturated heterocycles. The molecule has 0 spiro atoms. The molecule has 170 valence electrons. The van der Waals surface area contributed by atoms with Gasteiger partial charge in [-0.15, -0.1) is 0 Å². The molecule has 5 aliphatic rings. The van der Waals surface area contributed by atoms with Crippen molar-refractivity contribution < 1.29 is 5.11 Å². The average molecular weight is 413 g/mol. The van der Waals surface area contributed by atoms with Gasteiger partial charge in [0.1, 0.15) is 0 Å². The summed E-state index contributed by atoms with van der Waals surface area (Å²) >= 11 is 0. The highest BCUT2D eigenvalue weighted by atomic mass is 16.3. The van der Waals surface area contributed by atoms with Gasteiger partial charge in [-0.1, -0.05) is 46.8 Å². The predicted octanol–water partition coefficient (Wildman–Crippen LogP) is 7.63. The van der Waals surface area contributed by atoms with Crippen LogP contribution >= 0.6 is 0 Å².